The summed E-state index contributed by atoms with van der Waals surface area (Å²) >= 11 is 2.18. The smallest absolute Gasteiger partial charge is 0.165 e. The molecule has 0 radical (unpaired) electrons. The number of hydrogen-bond donors (Lipinski definition) is 0. The van der Waals surface area contributed by atoms with Gasteiger partial charge in [-0.3, -0.25) is 0 Å². The summed E-state index contributed by atoms with van der Waals surface area (Å²) in [4.78, 5) is 0. The molecule has 0 unspecified atom stereocenters. The van der Waals surface area contributed by atoms with Crippen molar-refractivity contribution in [3.63, 3.8) is 0 Å². The van der Waals surface area contributed by atoms with Gasteiger partial charge in [0, 0.05) is 5.39 Å². The summed E-state index contributed by atoms with van der Waals surface area (Å²) in [6.07, 6.45) is 0. The lowest BCUT2D eigenvalue weighted by Crippen LogP contribution is -1.67. The van der Waals surface area contributed by atoms with Crippen molar-refractivity contribution in [2.24, 2.45) is 0 Å². The van der Waals surface area contributed by atoms with Crippen molar-refractivity contribution in [2.45, 2.75) is 6.92 Å². The molecule has 2 heteroatoms. The zero-order valence-electron chi connectivity index (χ0n) is 6.10. The van der Waals surface area contributed by atoms with Crippen molar-refractivity contribution >= 4 is 33.6 Å². The van der Waals surface area contributed by atoms with Gasteiger partial charge < -0.3 is 4.42 Å². The molecule has 0 aliphatic heterocycles. The van der Waals surface area contributed by atoms with Gasteiger partial charge >= 0.3 is 0 Å². The summed E-state index contributed by atoms with van der Waals surface area (Å²) in [5.74, 6) is 0. The van der Waals surface area contributed by atoms with E-state index >= 15 is 0 Å². The second-order valence-corrected chi connectivity index (χ2v) is 3.66. The van der Waals surface area contributed by atoms with Crippen LogP contribution in [0.2, 0.25) is 0 Å². The van der Waals surface area contributed by atoms with Crippen LogP contribution in [0.1, 0.15) is 5.56 Å². The van der Waals surface area contributed by atoms with Crippen molar-refractivity contribution < 1.29 is 4.42 Å². The molecule has 56 valence electrons. The van der Waals surface area contributed by atoms with E-state index in [0.717, 1.165) is 9.35 Å². The molecule has 0 saturated heterocycles. The van der Waals surface area contributed by atoms with Crippen LogP contribution in [-0.2, 0) is 0 Å². The summed E-state index contributed by atoms with van der Waals surface area (Å²) in [7, 11) is 0. The fourth-order valence-corrected chi connectivity index (χ4v) is 1.70. The third-order valence-electron chi connectivity index (χ3n) is 1.64. The Morgan fingerprint density at radius 3 is 2.91 bits per heavy atom. The fourth-order valence-electron chi connectivity index (χ4n) is 1.13. The molecule has 1 aromatic heterocycles. The van der Waals surface area contributed by atoms with Crippen LogP contribution in [-0.4, -0.2) is 0 Å². The highest BCUT2D eigenvalue weighted by Crippen LogP contribution is 2.21. The SMILES string of the molecule is Cc1ccc2oc(I)cc2c1. The largest absolute Gasteiger partial charge is 0.450 e. The zero-order valence-corrected chi connectivity index (χ0v) is 8.25. The maximum atomic E-state index is 5.41. The van der Waals surface area contributed by atoms with Crippen LogP contribution in [0.4, 0.5) is 0 Å². The highest BCUT2D eigenvalue weighted by atomic mass is 127. The molecule has 1 heterocycles. The first-order valence-electron chi connectivity index (χ1n) is 3.41. The van der Waals surface area contributed by atoms with Gasteiger partial charge in [-0.1, -0.05) is 11.6 Å². The van der Waals surface area contributed by atoms with E-state index < -0.39 is 0 Å². The van der Waals surface area contributed by atoms with Gasteiger partial charge in [-0.15, -0.1) is 0 Å². The molecule has 0 atom stereocenters. The summed E-state index contributed by atoms with van der Waals surface area (Å²) in [6, 6.07) is 8.23. The fraction of sp³-hybridized carbons (Fsp3) is 0.111. The van der Waals surface area contributed by atoms with Crippen molar-refractivity contribution in [1.29, 1.82) is 0 Å². The molecule has 0 saturated carbocycles. The average Bonchev–Trinajstić information content (AvgIpc) is 2.27. The quantitative estimate of drug-likeness (QED) is 0.660. The standard InChI is InChI=1S/C9H7IO/c1-6-2-3-8-7(4-6)5-9(10)11-8/h2-5H,1H3. The van der Waals surface area contributed by atoms with Crippen LogP contribution in [0.5, 0.6) is 0 Å². The van der Waals surface area contributed by atoms with Gasteiger partial charge in [0.1, 0.15) is 5.58 Å². The third kappa shape index (κ3) is 1.27. The Kier molecular flexibility index (Phi) is 1.64. The van der Waals surface area contributed by atoms with Crippen molar-refractivity contribution in [2.75, 3.05) is 0 Å². The first-order valence-corrected chi connectivity index (χ1v) is 4.49. The summed E-state index contributed by atoms with van der Waals surface area (Å²) < 4.78 is 6.36. The van der Waals surface area contributed by atoms with E-state index in [-0.39, 0.29) is 0 Å². The second kappa shape index (κ2) is 2.52. The number of furan rings is 1. The van der Waals surface area contributed by atoms with Crippen LogP contribution in [0, 0.1) is 10.7 Å². The van der Waals surface area contributed by atoms with E-state index in [1.807, 2.05) is 12.1 Å². The van der Waals surface area contributed by atoms with Gasteiger partial charge in [0.2, 0.25) is 0 Å². The molecule has 0 N–H and O–H groups in total. The van der Waals surface area contributed by atoms with Gasteiger partial charge in [-0.05, 0) is 47.7 Å². The van der Waals surface area contributed by atoms with Gasteiger partial charge in [0.25, 0.3) is 0 Å². The van der Waals surface area contributed by atoms with Gasteiger partial charge in [-0.2, -0.15) is 0 Å². The van der Waals surface area contributed by atoms with Crippen LogP contribution < -0.4 is 0 Å². The van der Waals surface area contributed by atoms with Crippen molar-refractivity contribution in [1.82, 2.24) is 0 Å². The van der Waals surface area contributed by atoms with E-state index in [1.54, 1.807) is 0 Å². The molecule has 0 aliphatic rings. The second-order valence-electron chi connectivity index (χ2n) is 2.59. The molecule has 11 heavy (non-hydrogen) atoms. The minimum Gasteiger partial charge on any atom is -0.450 e. The molecule has 0 bridgehead atoms. The topological polar surface area (TPSA) is 13.1 Å². The predicted molar refractivity (Wildman–Crippen MR) is 53.7 cm³/mol. The Morgan fingerprint density at radius 1 is 1.27 bits per heavy atom. The lowest BCUT2D eigenvalue weighted by atomic mass is 10.2. The van der Waals surface area contributed by atoms with Crippen molar-refractivity contribution in [3.05, 3.63) is 33.6 Å². The molecule has 0 amide bonds. The monoisotopic (exact) mass is 258 g/mol. The molecule has 2 aromatic rings. The molecule has 1 aromatic carbocycles. The van der Waals surface area contributed by atoms with Crippen LogP contribution in [0.3, 0.4) is 0 Å². The minimum atomic E-state index is 0.947. The van der Waals surface area contributed by atoms with E-state index in [4.69, 9.17) is 4.42 Å². The van der Waals surface area contributed by atoms with Gasteiger partial charge in [-0.25, -0.2) is 0 Å². The minimum absolute atomic E-state index is 0.947. The Balaban J connectivity index is 2.82. The normalized spacial score (nSPS) is 10.7. The van der Waals surface area contributed by atoms with E-state index in [2.05, 4.69) is 41.6 Å². The van der Waals surface area contributed by atoms with Gasteiger partial charge in [0.15, 0.2) is 3.77 Å². The molecule has 2 rings (SSSR count). The van der Waals surface area contributed by atoms with Crippen molar-refractivity contribution in [3.8, 4) is 0 Å². The number of fused-ring (bicyclic) bond motifs is 1. The number of rotatable bonds is 0. The number of benzene rings is 1. The molecule has 1 nitrogen and oxygen atoms in total. The Labute approximate surface area is 78.5 Å². The van der Waals surface area contributed by atoms with E-state index in [1.165, 1.54) is 10.9 Å². The zero-order chi connectivity index (χ0) is 7.84. The number of aryl methyl sites for hydroxylation is 1. The first-order chi connectivity index (χ1) is 5.25. The maximum Gasteiger partial charge on any atom is 0.165 e. The number of halogens is 1. The molecular weight excluding hydrogens is 251 g/mol. The highest BCUT2D eigenvalue weighted by molar-refractivity contribution is 14.1. The van der Waals surface area contributed by atoms with E-state index in [0.29, 0.717) is 0 Å². The molecular formula is C9H7IO. The van der Waals surface area contributed by atoms with Crippen LogP contribution in [0.15, 0.2) is 28.7 Å². The Hall–Kier alpha value is -0.510. The lowest BCUT2D eigenvalue weighted by Gasteiger charge is -1.89. The number of hydrogen-bond acceptors (Lipinski definition) is 1. The van der Waals surface area contributed by atoms with Crippen LogP contribution in [0.25, 0.3) is 11.0 Å². The third-order valence-corrected chi connectivity index (χ3v) is 2.17. The first kappa shape index (κ1) is 7.16. The Morgan fingerprint density at radius 2 is 2.09 bits per heavy atom. The molecule has 0 fully saturated rings. The van der Waals surface area contributed by atoms with E-state index in [9.17, 15) is 0 Å². The predicted octanol–water partition coefficient (Wildman–Crippen LogP) is 3.35. The maximum absolute atomic E-state index is 5.41. The summed E-state index contributed by atoms with van der Waals surface area (Å²) in [5, 5.41) is 1.19. The summed E-state index contributed by atoms with van der Waals surface area (Å²) in [6.45, 7) is 2.08. The molecule has 0 aliphatic carbocycles. The highest BCUT2D eigenvalue weighted by Gasteiger charge is 1.99. The van der Waals surface area contributed by atoms with Crippen LogP contribution >= 0.6 is 22.6 Å². The summed E-state index contributed by atoms with van der Waals surface area (Å²) in [5.41, 5.74) is 2.25. The average molecular weight is 258 g/mol. The lowest BCUT2D eigenvalue weighted by molar-refractivity contribution is 0.584. The molecule has 0 spiro atoms. The Bertz CT molecular complexity index is 389. The van der Waals surface area contributed by atoms with Gasteiger partial charge in [0.05, 0.1) is 0 Å².